The van der Waals surface area contributed by atoms with Crippen molar-refractivity contribution < 1.29 is 4.74 Å². The van der Waals surface area contributed by atoms with Gasteiger partial charge in [-0.2, -0.15) is 0 Å². The Hall–Kier alpha value is -0.460. The van der Waals surface area contributed by atoms with Crippen LogP contribution in [0.3, 0.4) is 0 Å². The topological polar surface area (TPSA) is 9.23 Å². The fraction of sp³-hybridized carbons (Fsp3) is 0.833. The summed E-state index contributed by atoms with van der Waals surface area (Å²) in [6, 6.07) is 0. The van der Waals surface area contributed by atoms with Gasteiger partial charge >= 0.3 is 0 Å². The second-order valence-electron chi connectivity index (χ2n) is 4.95. The lowest BCUT2D eigenvalue weighted by molar-refractivity contribution is 0.192. The predicted molar refractivity (Wildman–Crippen MR) is 56.5 cm³/mol. The van der Waals surface area contributed by atoms with Crippen molar-refractivity contribution in [3.05, 3.63) is 12.3 Å². The monoisotopic (exact) mass is 182 g/mol. The molecule has 0 amide bonds. The third-order valence-electron chi connectivity index (χ3n) is 3.16. The zero-order chi connectivity index (χ0) is 9.73. The number of rotatable bonds is 3. The van der Waals surface area contributed by atoms with E-state index in [2.05, 4.69) is 19.9 Å². The van der Waals surface area contributed by atoms with Crippen LogP contribution in [0.1, 0.15) is 46.0 Å². The maximum atomic E-state index is 4.89. The molecule has 1 aliphatic rings. The summed E-state index contributed by atoms with van der Waals surface area (Å²) in [5, 5.41) is 0. The summed E-state index contributed by atoms with van der Waals surface area (Å²) in [6.07, 6.45) is 10.7. The van der Waals surface area contributed by atoms with Gasteiger partial charge in [-0.1, -0.05) is 13.8 Å². The molecule has 0 aromatic rings. The van der Waals surface area contributed by atoms with E-state index in [1.165, 1.54) is 32.1 Å². The van der Waals surface area contributed by atoms with Crippen molar-refractivity contribution in [2.24, 2.45) is 11.3 Å². The molecule has 0 atom stereocenters. The standard InChI is InChI=1S/C12H22O/c1-12(2)8-6-11(7-9-12)5-4-10-13-3/h4,10-11H,5-9H2,1-3H3/b10-4+. The van der Waals surface area contributed by atoms with Gasteiger partial charge in [-0.25, -0.2) is 0 Å². The summed E-state index contributed by atoms with van der Waals surface area (Å²) < 4.78 is 4.89. The van der Waals surface area contributed by atoms with Gasteiger partial charge in [0.05, 0.1) is 13.4 Å². The summed E-state index contributed by atoms with van der Waals surface area (Å²) in [4.78, 5) is 0. The molecular formula is C12H22O. The molecule has 13 heavy (non-hydrogen) atoms. The lowest BCUT2D eigenvalue weighted by Crippen LogP contribution is -2.20. The maximum absolute atomic E-state index is 4.89. The Morgan fingerprint density at radius 1 is 1.31 bits per heavy atom. The maximum Gasteiger partial charge on any atom is 0.0784 e. The van der Waals surface area contributed by atoms with Crippen molar-refractivity contribution in [2.75, 3.05) is 7.11 Å². The van der Waals surface area contributed by atoms with Crippen LogP contribution in [0.4, 0.5) is 0 Å². The minimum atomic E-state index is 0.599. The Balaban J connectivity index is 2.21. The number of allylic oxidation sites excluding steroid dienone is 1. The molecule has 0 unspecified atom stereocenters. The van der Waals surface area contributed by atoms with Crippen LogP contribution in [0, 0.1) is 11.3 Å². The molecule has 0 aromatic heterocycles. The highest BCUT2D eigenvalue weighted by Gasteiger charge is 2.25. The summed E-state index contributed by atoms with van der Waals surface area (Å²) in [7, 11) is 1.71. The summed E-state index contributed by atoms with van der Waals surface area (Å²) in [5.41, 5.74) is 0.599. The molecule has 0 aliphatic heterocycles. The Kier molecular flexibility index (Phi) is 3.83. The van der Waals surface area contributed by atoms with Gasteiger partial charge < -0.3 is 4.74 Å². The van der Waals surface area contributed by atoms with Gasteiger partial charge in [0.25, 0.3) is 0 Å². The Labute approximate surface area is 82.2 Å². The van der Waals surface area contributed by atoms with E-state index in [1.54, 1.807) is 13.4 Å². The van der Waals surface area contributed by atoms with Gasteiger partial charge in [-0.15, -0.1) is 0 Å². The van der Waals surface area contributed by atoms with E-state index in [1.807, 2.05) is 0 Å². The molecule has 0 heterocycles. The highest BCUT2D eigenvalue weighted by molar-refractivity contribution is 4.84. The minimum absolute atomic E-state index is 0.599. The van der Waals surface area contributed by atoms with Crippen molar-refractivity contribution >= 4 is 0 Å². The molecule has 1 nitrogen and oxygen atoms in total. The molecule has 1 saturated carbocycles. The summed E-state index contributed by atoms with van der Waals surface area (Å²) in [6.45, 7) is 4.77. The molecule has 1 aliphatic carbocycles. The van der Waals surface area contributed by atoms with Gasteiger partial charge in [-0.05, 0) is 49.5 Å². The van der Waals surface area contributed by atoms with Crippen LogP contribution in [0.5, 0.6) is 0 Å². The Morgan fingerprint density at radius 2 is 1.92 bits per heavy atom. The third-order valence-corrected chi connectivity index (χ3v) is 3.16. The smallest absolute Gasteiger partial charge is 0.0784 e. The molecule has 0 bridgehead atoms. The van der Waals surface area contributed by atoms with Crippen LogP contribution < -0.4 is 0 Å². The van der Waals surface area contributed by atoms with Crippen molar-refractivity contribution in [2.45, 2.75) is 46.0 Å². The van der Waals surface area contributed by atoms with Gasteiger partial charge in [-0.3, -0.25) is 0 Å². The van der Waals surface area contributed by atoms with Crippen LogP contribution in [0.25, 0.3) is 0 Å². The molecule has 0 radical (unpaired) electrons. The zero-order valence-corrected chi connectivity index (χ0v) is 9.18. The van der Waals surface area contributed by atoms with Gasteiger partial charge in [0, 0.05) is 0 Å². The van der Waals surface area contributed by atoms with E-state index < -0.39 is 0 Å². The molecule has 1 fully saturated rings. The normalized spacial score (nSPS) is 23.6. The Morgan fingerprint density at radius 3 is 2.46 bits per heavy atom. The second-order valence-corrected chi connectivity index (χ2v) is 4.95. The average Bonchev–Trinajstić information content (AvgIpc) is 2.08. The fourth-order valence-corrected chi connectivity index (χ4v) is 2.04. The number of hydrogen-bond acceptors (Lipinski definition) is 1. The van der Waals surface area contributed by atoms with E-state index in [-0.39, 0.29) is 0 Å². The molecule has 0 saturated heterocycles. The fourth-order valence-electron chi connectivity index (χ4n) is 2.04. The van der Waals surface area contributed by atoms with Crippen molar-refractivity contribution in [1.29, 1.82) is 0 Å². The highest BCUT2D eigenvalue weighted by atomic mass is 16.5. The van der Waals surface area contributed by atoms with Crippen LogP contribution in [-0.2, 0) is 4.74 Å². The lowest BCUT2D eigenvalue weighted by atomic mass is 9.72. The first-order chi connectivity index (χ1) is 6.14. The molecule has 76 valence electrons. The average molecular weight is 182 g/mol. The van der Waals surface area contributed by atoms with E-state index in [9.17, 15) is 0 Å². The number of hydrogen-bond donors (Lipinski definition) is 0. The van der Waals surface area contributed by atoms with Crippen molar-refractivity contribution in [1.82, 2.24) is 0 Å². The molecule has 1 heteroatoms. The highest BCUT2D eigenvalue weighted by Crippen LogP contribution is 2.39. The molecule has 0 aromatic carbocycles. The Bertz CT molecular complexity index is 160. The largest absolute Gasteiger partial charge is 0.505 e. The van der Waals surface area contributed by atoms with Crippen LogP contribution in [0.15, 0.2) is 12.3 Å². The van der Waals surface area contributed by atoms with E-state index in [0.29, 0.717) is 5.41 Å². The third kappa shape index (κ3) is 3.84. The SMILES string of the molecule is CO/C=C/CC1CCC(C)(C)CC1. The second kappa shape index (κ2) is 4.69. The van der Waals surface area contributed by atoms with E-state index in [0.717, 1.165) is 5.92 Å². The first kappa shape index (κ1) is 10.6. The molecule has 0 spiro atoms. The number of ether oxygens (including phenoxy) is 1. The lowest BCUT2D eigenvalue weighted by Gasteiger charge is -2.33. The summed E-state index contributed by atoms with van der Waals surface area (Å²) >= 11 is 0. The summed E-state index contributed by atoms with van der Waals surface area (Å²) in [5.74, 6) is 0.902. The first-order valence-electron chi connectivity index (χ1n) is 5.32. The van der Waals surface area contributed by atoms with E-state index in [4.69, 9.17) is 4.74 Å². The predicted octanol–water partition coefficient (Wildman–Crippen LogP) is 3.75. The van der Waals surface area contributed by atoms with Crippen molar-refractivity contribution in [3.8, 4) is 0 Å². The molecule has 0 N–H and O–H groups in total. The molecular weight excluding hydrogens is 160 g/mol. The van der Waals surface area contributed by atoms with Crippen LogP contribution >= 0.6 is 0 Å². The van der Waals surface area contributed by atoms with Crippen LogP contribution in [-0.4, -0.2) is 7.11 Å². The quantitative estimate of drug-likeness (QED) is 0.604. The van der Waals surface area contributed by atoms with Gasteiger partial charge in [0.2, 0.25) is 0 Å². The van der Waals surface area contributed by atoms with Crippen LogP contribution in [0.2, 0.25) is 0 Å². The van der Waals surface area contributed by atoms with Gasteiger partial charge in [0.15, 0.2) is 0 Å². The van der Waals surface area contributed by atoms with Crippen molar-refractivity contribution in [3.63, 3.8) is 0 Å². The van der Waals surface area contributed by atoms with E-state index >= 15 is 0 Å². The molecule has 1 rings (SSSR count). The minimum Gasteiger partial charge on any atom is -0.505 e. The van der Waals surface area contributed by atoms with Gasteiger partial charge in [0.1, 0.15) is 0 Å². The first-order valence-corrected chi connectivity index (χ1v) is 5.32. The zero-order valence-electron chi connectivity index (χ0n) is 9.18. The number of methoxy groups -OCH3 is 1.